The van der Waals surface area contributed by atoms with Crippen LogP contribution in [0.1, 0.15) is 6.42 Å². The lowest BCUT2D eigenvalue weighted by molar-refractivity contribution is -0.147. The topological polar surface area (TPSA) is 86.6 Å². The van der Waals surface area contributed by atoms with Crippen LogP contribution in [0.15, 0.2) is 29.2 Å². The van der Waals surface area contributed by atoms with Crippen molar-refractivity contribution >= 4 is 23.6 Å². The van der Waals surface area contributed by atoms with Crippen LogP contribution in [-0.4, -0.2) is 40.5 Å². The summed E-state index contributed by atoms with van der Waals surface area (Å²) in [4.78, 5) is 22.5. The molecule has 1 amide bonds. The Bertz CT molecular complexity index is 438. The van der Waals surface area contributed by atoms with Gasteiger partial charge in [-0.1, -0.05) is 0 Å². The summed E-state index contributed by atoms with van der Waals surface area (Å²) >= 11 is 1.24. The molecule has 5 nitrogen and oxygen atoms in total. The second-order valence-electron chi connectivity index (χ2n) is 3.74. The first-order valence-corrected chi connectivity index (χ1v) is 6.53. The molecule has 1 rings (SSSR count). The van der Waals surface area contributed by atoms with Crippen LogP contribution in [0, 0.1) is 5.82 Å². The van der Waals surface area contributed by atoms with E-state index in [-0.39, 0.29) is 30.4 Å². The van der Waals surface area contributed by atoms with Gasteiger partial charge in [-0.25, -0.2) is 9.18 Å². The number of aliphatic carboxylic acids is 1. The van der Waals surface area contributed by atoms with E-state index in [1.165, 1.54) is 23.9 Å². The molecule has 0 aromatic heterocycles. The smallest absolute Gasteiger partial charge is 0.332 e. The van der Waals surface area contributed by atoms with Gasteiger partial charge in [0.1, 0.15) is 5.82 Å². The lowest BCUT2D eigenvalue weighted by Crippen LogP contribution is -2.31. The fraction of sp³-hybridized carbons (Fsp3) is 0.333. The average molecular weight is 287 g/mol. The maximum atomic E-state index is 12.6. The van der Waals surface area contributed by atoms with Gasteiger partial charge in [0.15, 0.2) is 6.10 Å². The number of amides is 1. The van der Waals surface area contributed by atoms with Gasteiger partial charge in [0.05, 0.1) is 5.75 Å². The molecule has 0 aliphatic heterocycles. The van der Waals surface area contributed by atoms with Gasteiger partial charge >= 0.3 is 5.97 Å². The summed E-state index contributed by atoms with van der Waals surface area (Å²) in [5.74, 6) is -1.77. The molecule has 19 heavy (non-hydrogen) atoms. The minimum atomic E-state index is -1.47. The summed E-state index contributed by atoms with van der Waals surface area (Å²) in [7, 11) is 0. The van der Waals surface area contributed by atoms with Crippen LogP contribution >= 0.6 is 11.8 Å². The van der Waals surface area contributed by atoms with Gasteiger partial charge in [0.25, 0.3) is 0 Å². The van der Waals surface area contributed by atoms with Crippen molar-refractivity contribution in [1.29, 1.82) is 0 Å². The van der Waals surface area contributed by atoms with Crippen molar-refractivity contribution in [2.75, 3.05) is 12.3 Å². The van der Waals surface area contributed by atoms with E-state index in [9.17, 15) is 14.0 Å². The Morgan fingerprint density at radius 1 is 1.32 bits per heavy atom. The number of rotatable bonds is 7. The Morgan fingerprint density at radius 2 is 1.95 bits per heavy atom. The van der Waals surface area contributed by atoms with Crippen LogP contribution in [0.25, 0.3) is 0 Å². The van der Waals surface area contributed by atoms with E-state index in [0.29, 0.717) is 0 Å². The molecule has 104 valence electrons. The van der Waals surface area contributed by atoms with Crippen LogP contribution in [0.2, 0.25) is 0 Å². The molecule has 0 aliphatic carbocycles. The number of carbonyl (C=O) groups is 2. The predicted octanol–water partition coefficient (Wildman–Crippen LogP) is 0.870. The number of carbonyl (C=O) groups excluding carboxylic acids is 1. The fourth-order valence-electron chi connectivity index (χ4n) is 1.20. The number of hydrogen-bond donors (Lipinski definition) is 3. The van der Waals surface area contributed by atoms with Gasteiger partial charge in [-0.05, 0) is 24.3 Å². The molecule has 0 unspecified atom stereocenters. The second kappa shape index (κ2) is 7.75. The van der Waals surface area contributed by atoms with E-state index in [2.05, 4.69) is 5.32 Å². The van der Waals surface area contributed by atoms with E-state index in [4.69, 9.17) is 10.2 Å². The molecule has 3 N–H and O–H groups in total. The zero-order valence-electron chi connectivity index (χ0n) is 10.0. The number of carboxylic acids is 1. The molecule has 7 heteroatoms. The summed E-state index contributed by atoms with van der Waals surface area (Å²) in [6.45, 7) is 0.0935. The molecule has 0 saturated heterocycles. The van der Waals surface area contributed by atoms with Crippen LogP contribution < -0.4 is 5.32 Å². The van der Waals surface area contributed by atoms with E-state index < -0.39 is 12.1 Å². The lowest BCUT2D eigenvalue weighted by Gasteiger charge is -2.07. The average Bonchev–Trinajstić information content (AvgIpc) is 2.37. The van der Waals surface area contributed by atoms with Crippen LogP contribution in [0.4, 0.5) is 4.39 Å². The van der Waals surface area contributed by atoms with E-state index in [1.807, 2.05) is 0 Å². The molecule has 0 heterocycles. The third-order valence-electron chi connectivity index (χ3n) is 2.21. The highest BCUT2D eigenvalue weighted by atomic mass is 32.2. The molecule has 0 aliphatic rings. The van der Waals surface area contributed by atoms with E-state index >= 15 is 0 Å². The summed E-state index contributed by atoms with van der Waals surface area (Å²) in [6, 6.07) is 5.76. The Morgan fingerprint density at radius 3 is 2.53 bits per heavy atom. The highest BCUT2D eigenvalue weighted by molar-refractivity contribution is 8.00. The maximum absolute atomic E-state index is 12.6. The molecule has 0 radical (unpaired) electrons. The van der Waals surface area contributed by atoms with Crippen molar-refractivity contribution in [3.63, 3.8) is 0 Å². The SMILES string of the molecule is O=C(CSc1ccc(F)cc1)NCC[C@H](O)C(=O)O. The number of hydrogen-bond acceptors (Lipinski definition) is 4. The zero-order valence-corrected chi connectivity index (χ0v) is 10.8. The van der Waals surface area contributed by atoms with Crippen molar-refractivity contribution in [1.82, 2.24) is 5.32 Å². The number of benzene rings is 1. The van der Waals surface area contributed by atoms with Crippen molar-refractivity contribution in [2.45, 2.75) is 17.4 Å². The summed E-state index contributed by atoms with van der Waals surface area (Å²) in [6.07, 6.45) is -1.51. The molecular formula is C12H14FNO4S. The Kier molecular flexibility index (Phi) is 6.31. The van der Waals surface area contributed by atoms with Gasteiger partial charge in [-0.3, -0.25) is 4.79 Å². The molecule has 1 aromatic carbocycles. The number of aliphatic hydroxyl groups excluding tert-OH is 1. The summed E-state index contributed by atoms with van der Waals surface area (Å²) < 4.78 is 12.6. The molecule has 0 saturated carbocycles. The van der Waals surface area contributed by atoms with E-state index in [1.54, 1.807) is 12.1 Å². The van der Waals surface area contributed by atoms with Gasteiger partial charge in [0.2, 0.25) is 5.91 Å². The minimum absolute atomic E-state index is 0.0394. The maximum Gasteiger partial charge on any atom is 0.332 e. The lowest BCUT2D eigenvalue weighted by atomic mass is 10.2. The monoisotopic (exact) mass is 287 g/mol. The van der Waals surface area contributed by atoms with Gasteiger partial charge < -0.3 is 15.5 Å². The van der Waals surface area contributed by atoms with Crippen molar-refractivity contribution in [2.24, 2.45) is 0 Å². The number of carboxylic acid groups (broad SMARTS) is 1. The normalized spacial score (nSPS) is 11.9. The third kappa shape index (κ3) is 6.21. The van der Waals surface area contributed by atoms with Crippen molar-refractivity contribution in [3.8, 4) is 0 Å². The highest BCUT2D eigenvalue weighted by Gasteiger charge is 2.12. The number of nitrogens with one attached hydrogen (secondary N) is 1. The molecule has 0 bridgehead atoms. The first-order valence-electron chi connectivity index (χ1n) is 5.55. The molecule has 1 aromatic rings. The third-order valence-corrected chi connectivity index (χ3v) is 3.22. The first kappa shape index (κ1) is 15.5. The molecule has 0 fully saturated rings. The quantitative estimate of drug-likeness (QED) is 0.648. The van der Waals surface area contributed by atoms with Crippen LogP contribution in [-0.2, 0) is 9.59 Å². The van der Waals surface area contributed by atoms with Crippen LogP contribution in [0.3, 0.4) is 0 Å². The highest BCUT2D eigenvalue weighted by Crippen LogP contribution is 2.17. The Hall–Kier alpha value is -1.60. The Labute approximate surface area is 113 Å². The number of halogens is 1. The number of aliphatic hydroxyl groups is 1. The summed E-state index contributed by atoms with van der Waals surface area (Å²) in [5.41, 5.74) is 0. The van der Waals surface area contributed by atoms with Gasteiger partial charge in [-0.2, -0.15) is 0 Å². The Balaban J connectivity index is 2.21. The van der Waals surface area contributed by atoms with Crippen molar-refractivity contribution in [3.05, 3.63) is 30.1 Å². The van der Waals surface area contributed by atoms with Crippen molar-refractivity contribution < 1.29 is 24.2 Å². The molecular weight excluding hydrogens is 273 g/mol. The zero-order chi connectivity index (χ0) is 14.3. The van der Waals surface area contributed by atoms with Crippen LogP contribution in [0.5, 0.6) is 0 Å². The first-order chi connectivity index (χ1) is 8.99. The standard InChI is InChI=1S/C12H14FNO4S/c13-8-1-3-9(4-2-8)19-7-11(16)14-6-5-10(15)12(17)18/h1-4,10,15H,5-7H2,(H,14,16)(H,17,18)/t10-/m0/s1. The largest absolute Gasteiger partial charge is 0.479 e. The minimum Gasteiger partial charge on any atom is -0.479 e. The van der Waals surface area contributed by atoms with Gasteiger partial charge in [-0.15, -0.1) is 11.8 Å². The fourth-order valence-corrected chi connectivity index (χ4v) is 1.93. The molecule has 0 spiro atoms. The summed E-state index contributed by atoms with van der Waals surface area (Å²) in [5, 5.41) is 19.9. The second-order valence-corrected chi connectivity index (χ2v) is 4.78. The molecule has 1 atom stereocenters. The predicted molar refractivity (Wildman–Crippen MR) is 68.4 cm³/mol. The van der Waals surface area contributed by atoms with E-state index in [0.717, 1.165) is 4.90 Å². The number of thioether (sulfide) groups is 1. The van der Waals surface area contributed by atoms with Gasteiger partial charge in [0, 0.05) is 17.9 Å².